The Morgan fingerprint density at radius 2 is 0.711 bits per heavy atom. The molecule has 0 aromatic heterocycles. The van der Waals surface area contributed by atoms with Crippen molar-refractivity contribution < 1.29 is 0 Å². The molecule has 0 aliphatic heterocycles. The number of rotatable bonds is 7. The second-order valence-corrected chi connectivity index (χ2v) is 21.2. The van der Waals surface area contributed by atoms with Gasteiger partial charge in [-0.15, -0.1) is 0 Å². The van der Waals surface area contributed by atoms with Crippen LogP contribution < -0.4 is 26.8 Å². The first-order valence-corrected chi connectivity index (χ1v) is 22.9. The molecule has 0 amide bonds. The van der Waals surface area contributed by atoms with Crippen molar-refractivity contribution in [3.05, 3.63) is 130 Å². The van der Waals surface area contributed by atoms with E-state index in [1.807, 2.05) is 0 Å². The van der Waals surface area contributed by atoms with Crippen LogP contribution in [0.4, 0.5) is 0 Å². The molecule has 0 unspecified atom stereocenters. The zero-order valence-electron chi connectivity index (χ0n) is 19.9. The summed E-state index contributed by atoms with van der Waals surface area (Å²) in [6.45, 7) is 0. The second kappa shape index (κ2) is 12.6. The van der Waals surface area contributed by atoms with Crippen molar-refractivity contribution in [1.82, 2.24) is 0 Å². The van der Waals surface area contributed by atoms with Gasteiger partial charge in [0, 0.05) is 0 Å². The van der Waals surface area contributed by atoms with Gasteiger partial charge < -0.3 is 0 Å². The van der Waals surface area contributed by atoms with Crippen LogP contribution in [0.5, 0.6) is 0 Å². The van der Waals surface area contributed by atoms with E-state index in [1.54, 1.807) is 0 Å². The first-order chi connectivity index (χ1) is 18.6. The van der Waals surface area contributed by atoms with Gasteiger partial charge in [-0.05, 0) is 0 Å². The third-order valence-corrected chi connectivity index (χ3v) is 18.7. The first kappa shape index (κ1) is 27.1. The van der Waals surface area contributed by atoms with E-state index in [9.17, 15) is 0 Å². The van der Waals surface area contributed by atoms with E-state index >= 15 is 0 Å². The topological polar surface area (TPSA) is 0 Å². The van der Waals surface area contributed by atoms with Crippen LogP contribution in [0, 0.1) is 0 Å². The second-order valence-electron chi connectivity index (χ2n) is 8.50. The number of halogens is 2. The molecule has 6 rings (SSSR count). The Morgan fingerprint density at radius 1 is 0.368 bits per heavy atom. The normalized spacial score (nSPS) is 11.3. The molecule has 0 bridgehead atoms. The molecule has 0 radical (unpaired) electrons. The van der Waals surface area contributed by atoms with Gasteiger partial charge in [-0.3, -0.25) is 0 Å². The van der Waals surface area contributed by atoms with E-state index in [1.165, 1.54) is 48.3 Å². The van der Waals surface area contributed by atoms with Crippen LogP contribution in [0.1, 0.15) is 0 Å². The van der Waals surface area contributed by atoms with Crippen molar-refractivity contribution in [2.24, 2.45) is 0 Å². The number of benzene rings is 6. The summed E-state index contributed by atoms with van der Waals surface area (Å²) in [4.78, 5) is 0. The molecule has 0 spiro atoms. The zero-order valence-corrected chi connectivity index (χ0v) is 30.0. The Kier molecular flexibility index (Phi) is 8.97. The van der Waals surface area contributed by atoms with E-state index in [0.717, 1.165) is 8.95 Å². The van der Waals surface area contributed by atoms with Gasteiger partial charge in [0.15, 0.2) is 0 Å². The SMILES string of the molecule is Brc1ccc([Se]c2cccc3cccc([Se][Se]c4cccc5cccc([Se]c6ccc(Br)cc6)c45)c23)cc1. The third kappa shape index (κ3) is 6.27. The van der Waals surface area contributed by atoms with E-state index in [0.29, 0.717) is 26.3 Å². The Morgan fingerprint density at radius 3 is 1.08 bits per heavy atom. The van der Waals surface area contributed by atoms with E-state index in [2.05, 4.69) is 153 Å². The van der Waals surface area contributed by atoms with Crippen LogP contribution in [0.15, 0.2) is 130 Å². The summed E-state index contributed by atoms with van der Waals surface area (Å²) in [5.74, 6) is 0. The molecule has 0 aliphatic carbocycles. The number of hydrogen-bond donors (Lipinski definition) is 0. The fraction of sp³-hybridized carbons (Fsp3) is 0. The van der Waals surface area contributed by atoms with Crippen molar-refractivity contribution in [2.45, 2.75) is 0 Å². The van der Waals surface area contributed by atoms with Crippen LogP contribution in [-0.2, 0) is 0 Å². The average Bonchev–Trinajstić information content (AvgIpc) is 2.94. The van der Waals surface area contributed by atoms with Crippen molar-refractivity contribution in [3.8, 4) is 0 Å². The Hall–Kier alpha value is -1.12. The van der Waals surface area contributed by atoms with Gasteiger partial charge in [-0.25, -0.2) is 0 Å². The van der Waals surface area contributed by atoms with Crippen LogP contribution >= 0.6 is 31.9 Å². The average molecular weight is 880 g/mol. The van der Waals surface area contributed by atoms with Crippen LogP contribution in [0.2, 0.25) is 0 Å². The molecule has 6 aromatic rings. The molecule has 0 nitrogen and oxygen atoms in total. The quantitative estimate of drug-likeness (QED) is 0.212. The van der Waals surface area contributed by atoms with Gasteiger partial charge in [-0.1, -0.05) is 0 Å². The number of hydrogen-bond acceptors (Lipinski definition) is 0. The molecule has 0 saturated carbocycles. The van der Waals surface area contributed by atoms with Crippen LogP contribution in [0.25, 0.3) is 21.5 Å². The fourth-order valence-electron chi connectivity index (χ4n) is 4.20. The summed E-state index contributed by atoms with van der Waals surface area (Å²) in [5.41, 5.74) is 0. The van der Waals surface area contributed by atoms with Gasteiger partial charge >= 0.3 is 267 Å². The van der Waals surface area contributed by atoms with Crippen molar-refractivity contribution >= 4 is 136 Å². The Bertz CT molecular complexity index is 1590. The summed E-state index contributed by atoms with van der Waals surface area (Å²) < 4.78 is 11.2. The molecule has 0 aliphatic rings. The van der Waals surface area contributed by atoms with Gasteiger partial charge in [0.2, 0.25) is 0 Å². The molecule has 0 N–H and O–H groups in total. The molecule has 0 heterocycles. The Labute approximate surface area is 263 Å². The maximum absolute atomic E-state index is 3.58. The summed E-state index contributed by atoms with van der Waals surface area (Å²) >= 11 is 8.50. The van der Waals surface area contributed by atoms with E-state index < -0.39 is 0 Å². The summed E-state index contributed by atoms with van der Waals surface area (Å²) in [6.07, 6.45) is 0. The molecule has 0 atom stereocenters. The van der Waals surface area contributed by atoms with Crippen molar-refractivity contribution in [3.63, 3.8) is 0 Å². The van der Waals surface area contributed by atoms with Gasteiger partial charge in [-0.2, -0.15) is 0 Å². The summed E-state index contributed by atoms with van der Waals surface area (Å²) in [6, 6.07) is 45.1. The maximum atomic E-state index is 3.58. The molecule has 6 heteroatoms. The zero-order chi connectivity index (χ0) is 25.9. The standard InChI is InChI=1S/C32H20Br2Se4/c33-23-13-17-25(18-14-23)35-27-9-1-5-21-7-3-11-29(31(21)27)37-38-30-12-4-8-22-6-2-10-28(32(22)30)36-26-19-15-24(34)16-20-26/h1-20H. The van der Waals surface area contributed by atoms with Gasteiger partial charge in [0.25, 0.3) is 0 Å². The fourth-order valence-corrected chi connectivity index (χ4v) is 16.8. The summed E-state index contributed by atoms with van der Waals surface area (Å²) in [5, 5.41) is 5.71. The number of fused-ring (bicyclic) bond motifs is 2. The summed E-state index contributed by atoms with van der Waals surface area (Å²) in [7, 11) is 0. The van der Waals surface area contributed by atoms with Crippen LogP contribution in [0.3, 0.4) is 0 Å². The third-order valence-electron chi connectivity index (χ3n) is 5.96. The monoisotopic (exact) mass is 882 g/mol. The van der Waals surface area contributed by atoms with E-state index in [-0.39, 0.29) is 29.9 Å². The van der Waals surface area contributed by atoms with Crippen LogP contribution in [-0.4, -0.2) is 56.2 Å². The molecular formula is C32H20Br2Se4. The minimum atomic E-state index is 0.277. The molecule has 0 fully saturated rings. The molecule has 6 aromatic carbocycles. The molecule has 0 saturated heterocycles. The Balaban J connectivity index is 1.34. The predicted molar refractivity (Wildman–Crippen MR) is 177 cm³/mol. The molecule has 38 heavy (non-hydrogen) atoms. The van der Waals surface area contributed by atoms with Gasteiger partial charge in [0.05, 0.1) is 0 Å². The molecule has 186 valence electrons. The first-order valence-electron chi connectivity index (χ1n) is 11.9. The molecular weight excluding hydrogens is 860 g/mol. The minimum absolute atomic E-state index is 0.277. The van der Waals surface area contributed by atoms with Crippen molar-refractivity contribution in [2.75, 3.05) is 0 Å². The van der Waals surface area contributed by atoms with E-state index in [4.69, 9.17) is 0 Å². The predicted octanol–water partition coefficient (Wildman–Crippen LogP) is 4.10. The van der Waals surface area contributed by atoms with Gasteiger partial charge in [0.1, 0.15) is 0 Å². The van der Waals surface area contributed by atoms with Crippen molar-refractivity contribution in [1.29, 1.82) is 0 Å².